The van der Waals surface area contributed by atoms with Crippen LogP contribution in [0.5, 0.6) is 0 Å². The lowest BCUT2D eigenvalue weighted by Gasteiger charge is -2.06. The van der Waals surface area contributed by atoms with Crippen LogP contribution in [0.1, 0.15) is 16.1 Å². The first-order valence-corrected chi connectivity index (χ1v) is 5.55. The van der Waals surface area contributed by atoms with Crippen LogP contribution in [0.3, 0.4) is 0 Å². The molecule has 2 aromatic heterocycles. The Kier molecular flexibility index (Phi) is 3.57. The number of rotatable bonds is 5. The molecule has 2 aromatic rings. The molecule has 0 amide bonds. The van der Waals surface area contributed by atoms with Crippen LogP contribution < -0.4 is 5.32 Å². The molecule has 0 aromatic carbocycles. The van der Waals surface area contributed by atoms with Crippen LogP contribution in [0.4, 0.5) is 5.82 Å². The summed E-state index contributed by atoms with van der Waals surface area (Å²) in [5.74, 6) is -0.300. The summed E-state index contributed by atoms with van der Waals surface area (Å²) in [5, 5.41) is 11.9. The maximum atomic E-state index is 10.6. The molecule has 2 N–H and O–H groups in total. The number of pyridine rings is 1. The van der Waals surface area contributed by atoms with Crippen LogP contribution in [0.15, 0.2) is 30.9 Å². The number of nitrogens with one attached hydrogen (secondary N) is 1. The summed E-state index contributed by atoms with van der Waals surface area (Å²) in [6, 6.07) is 3.19. The summed E-state index contributed by atoms with van der Waals surface area (Å²) >= 11 is 0. The number of aromatic nitrogens is 3. The fourth-order valence-electron chi connectivity index (χ4n) is 1.57. The fraction of sp³-hybridized carbons (Fsp3) is 0.250. The molecule has 0 bridgehead atoms. The van der Waals surface area contributed by atoms with Gasteiger partial charge in [0.25, 0.3) is 0 Å². The number of imidazole rings is 1. The number of carboxylic acid groups (broad SMARTS) is 1. The van der Waals surface area contributed by atoms with Crippen LogP contribution in [-0.2, 0) is 13.5 Å². The fourth-order valence-corrected chi connectivity index (χ4v) is 1.57. The van der Waals surface area contributed by atoms with E-state index in [2.05, 4.69) is 15.3 Å². The van der Waals surface area contributed by atoms with Crippen LogP contribution in [0.2, 0.25) is 0 Å². The van der Waals surface area contributed by atoms with E-state index < -0.39 is 5.97 Å². The molecule has 0 unspecified atom stereocenters. The van der Waals surface area contributed by atoms with Crippen molar-refractivity contribution in [1.29, 1.82) is 0 Å². The third-order valence-corrected chi connectivity index (χ3v) is 2.61. The molecule has 6 nitrogen and oxygen atoms in total. The lowest BCUT2D eigenvalue weighted by Crippen LogP contribution is -2.09. The van der Waals surface area contributed by atoms with Crippen molar-refractivity contribution < 1.29 is 9.90 Å². The van der Waals surface area contributed by atoms with Crippen LogP contribution >= 0.6 is 0 Å². The molecule has 0 aliphatic rings. The Hall–Kier alpha value is -2.37. The molecule has 0 saturated heterocycles. The molecule has 0 saturated carbocycles. The minimum atomic E-state index is -0.969. The first-order chi connectivity index (χ1) is 8.66. The minimum absolute atomic E-state index is 0.187. The molecule has 2 rings (SSSR count). The van der Waals surface area contributed by atoms with Crippen molar-refractivity contribution in [3.05, 3.63) is 42.1 Å². The van der Waals surface area contributed by atoms with Gasteiger partial charge in [-0.3, -0.25) is 0 Å². The van der Waals surface area contributed by atoms with Crippen molar-refractivity contribution in [2.45, 2.75) is 6.42 Å². The first-order valence-electron chi connectivity index (χ1n) is 5.55. The molecule has 6 heteroatoms. The highest BCUT2D eigenvalue weighted by Gasteiger charge is 2.03. The SMILES string of the molecule is Cn1cncc1CCNc1ccc(C(=O)O)cn1. The molecule has 0 aliphatic carbocycles. The molecule has 2 heterocycles. The summed E-state index contributed by atoms with van der Waals surface area (Å²) in [6.07, 6.45) is 5.76. The number of aromatic carboxylic acids is 1. The van der Waals surface area contributed by atoms with Crippen molar-refractivity contribution in [1.82, 2.24) is 14.5 Å². The number of carboxylic acids is 1. The van der Waals surface area contributed by atoms with E-state index in [-0.39, 0.29) is 5.56 Å². The van der Waals surface area contributed by atoms with Gasteiger partial charge in [0.1, 0.15) is 5.82 Å². The largest absolute Gasteiger partial charge is 0.478 e. The zero-order valence-electron chi connectivity index (χ0n) is 10.00. The summed E-state index contributed by atoms with van der Waals surface area (Å²) in [5.41, 5.74) is 1.32. The smallest absolute Gasteiger partial charge is 0.337 e. The molecule has 0 radical (unpaired) electrons. The van der Waals surface area contributed by atoms with Gasteiger partial charge in [-0.05, 0) is 12.1 Å². The van der Waals surface area contributed by atoms with E-state index in [9.17, 15) is 4.79 Å². The summed E-state index contributed by atoms with van der Waals surface area (Å²) < 4.78 is 1.96. The molecule has 0 spiro atoms. The van der Waals surface area contributed by atoms with E-state index in [0.29, 0.717) is 5.82 Å². The Morgan fingerprint density at radius 2 is 2.28 bits per heavy atom. The topological polar surface area (TPSA) is 80.0 Å². The van der Waals surface area contributed by atoms with Gasteiger partial charge in [0.05, 0.1) is 11.9 Å². The maximum Gasteiger partial charge on any atom is 0.337 e. The predicted molar refractivity (Wildman–Crippen MR) is 66.6 cm³/mol. The van der Waals surface area contributed by atoms with E-state index in [1.807, 2.05) is 17.8 Å². The van der Waals surface area contributed by atoms with Gasteiger partial charge in [-0.2, -0.15) is 0 Å². The van der Waals surface area contributed by atoms with E-state index in [4.69, 9.17) is 5.11 Å². The molecule has 0 aliphatic heterocycles. The normalized spacial score (nSPS) is 10.3. The molecule has 18 heavy (non-hydrogen) atoms. The quantitative estimate of drug-likeness (QED) is 0.827. The maximum absolute atomic E-state index is 10.6. The van der Waals surface area contributed by atoms with Crippen LogP contribution in [-0.4, -0.2) is 32.2 Å². The van der Waals surface area contributed by atoms with Gasteiger partial charge < -0.3 is 15.0 Å². The van der Waals surface area contributed by atoms with Gasteiger partial charge >= 0.3 is 5.97 Å². The van der Waals surface area contributed by atoms with Gasteiger partial charge in [0.2, 0.25) is 0 Å². The zero-order valence-corrected chi connectivity index (χ0v) is 10.00. The Morgan fingerprint density at radius 3 is 2.83 bits per heavy atom. The second kappa shape index (κ2) is 5.31. The lowest BCUT2D eigenvalue weighted by molar-refractivity contribution is 0.0696. The Labute approximate surface area is 104 Å². The summed E-state index contributed by atoms with van der Waals surface area (Å²) in [6.45, 7) is 0.721. The van der Waals surface area contributed by atoms with Crippen LogP contribution in [0, 0.1) is 0 Å². The highest BCUT2D eigenvalue weighted by molar-refractivity contribution is 5.87. The minimum Gasteiger partial charge on any atom is -0.478 e. The molecular weight excluding hydrogens is 232 g/mol. The summed E-state index contributed by atoms with van der Waals surface area (Å²) in [7, 11) is 1.95. The second-order valence-electron chi connectivity index (χ2n) is 3.91. The van der Waals surface area contributed by atoms with E-state index >= 15 is 0 Å². The van der Waals surface area contributed by atoms with Crippen molar-refractivity contribution in [3.63, 3.8) is 0 Å². The molecule has 94 valence electrons. The third-order valence-electron chi connectivity index (χ3n) is 2.61. The molecular formula is C12H14N4O2. The van der Waals surface area contributed by atoms with Crippen molar-refractivity contribution in [3.8, 4) is 0 Å². The standard InChI is InChI=1S/C12H14N4O2/c1-16-8-13-7-10(16)4-5-14-11-3-2-9(6-15-11)12(17)18/h2-3,6-8H,4-5H2,1H3,(H,14,15)(H,17,18). The van der Waals surface area contributed by atoms with Crippen molar-refractivity contribution in [2.75, 3.05) is 11.9 Å². The number of aryl methyl sites for hydroxylation is 1. The first kappa shape index (κ1) is 12.1. The van der Waals surface area contributed by atoms with E-state index in [1.165, 1.54) is 12.3 Å². The van der Waals surface area contributed by atoms with Gasteiger partial charge in [-0.1, -0.05) is 0 Å². The van der Waals surface area contributed by atoms with Gasteiger partial charge in [-0.25, -0.2) is 14.8 Å². The Bertz CT molecular complexity index is 533. The van der Waals surface area contributed by atoms with Crippen LogP contribution in [0.25, 0.3) is 0 Å². The summed E-state index contributed by atoms with van der Waals surface area (Å²) in [4.78, 5) is 18.7. The van der Waals surface area contributed by atoms with Gasteiger partial charge in [0.15, 0.2) is 0 Å². The average Bonchev–Trinajstić information content (AvgIpc) is 2.76. The van der Waals surface area contributed by atoms with Crippen molar-refractivity contribution in [2.24, 2.45) is 7.05 Å². The van der Waals surface area contributed by atoms with Crippen molar-refractivity contribution >= 4 is 11.8 Å². The lowest BCUT2D eigenvalue weighted by atomic mass is 10.3. The Balaban J connectivity index is 1.87. The second-order valence-corrected chi connectivity index (χ2v) is 3.91. The van der Waals surface area contributed by atoms with E-state index in [1.54, 1.807) is 12.4 Å². The number of hydrogen-bond acceptors (Lipinski definition) is 4. The van der Waals surface area contributed by atoms with Gasteiger partial charge in [-0.15, -0.1) is 0 Å². The zero-order chi connectivity index (χ0) is 13.0. The number of anilines is 1. The highest BCUT2D eigenvalue weighted by Crippen LogP contribution is 2.05. The highest BCUT2D eigenvalue weighted by atomic mass is 16.4. The predicted octanol–water partition coefficient (Wildman–Crippen LogP) is 1.17. The number of carbonyl (C=O) groups is 1. The average molecular weight is 246 g/mol. The monoisotopic (exact) mass is 246 g/mol. The molecule has 0 fully saturated rings. The number of hydrogen-bond donors (Lipinski definition) is 2. The Morgan fingerprint density at radius 1 is 1.44 bits per heavy atom. The third kappa shape index (κ3) is 2.85. The van der Waals surface area contributed by atoms with E-state index in [0.717, 1.165) is 18.7 Å². The van der Waals surface area contributed by atoms with Gasteiger partial charge in [0, 0.05) is 38.1 Å². The molecule has 0 atom stereocenters. The number of nitrogens with zero attached hydrogens (tertiary/aromatic N) is 3.